The lowest BCUT2D eigenvalue weighted by Gasteiger charge is -2.32. The second-order valence-corrected chi connectivity index (χ2v) is 10.1. The van der Waals surface area contributed by atoms with E-state index in [1.165, 1.54) is 6.07 Å². The predicted octanol–water partition coefficient (Wildman–Crippen LogP) is 4.89. The predicted molar refractivity (Wildman–Crippen MR) is 136 cm³/mol. The fourth-order valence-electron chi connectivity index (χ4n) is 4.29. The lowest BCUT2D eigenvalue weighted by atomic mass is 9.78. The van der Waals surface area contributed by atoms with E-state index in [1.54, 1.807) is 6.92 Å². The summed E-state index contributed by atoms with van der Waals surface area (Å²) in [5.74, 6) is -2.46. The Bertz CT molecular complexity index is 1330. The van der Waals surface area contributed by atoms with Crippen LogP contribution < -0.4 is 14.9 Å². The first kappa shape index (κ1) is 27.7. The van der Waals surface area contributed by atoms with Gasteiger partial charge in [0.05, 0.1) is 16.6 Å². The number of carboxylic acid groups (broad SMARTS) is 1. The molecule has 0 atom stereocenters. The van der Waals surface area contributed by atoms with Crippen LogP contribution in [0.2, 0.25) is 0 Å². The molecule has 11 heteroatoms. The van der Waals surface area contributed by atoms with Crippen molar-refractivity contribution in [3.8, 4) is 11.5 Å². The summed E-state index contributed by atoms with van der Waals surface area (Å²) in [6, 6.07) is 9.55. The molecule has 7 nitrogen and oxygen atoms in total. The number of hydrogen-bond donors (Lipinski definition) is 1. The molecular weight excluding hydrogens is 502 g/mol. The molecule has 202 valence electrons. The topological polar surface area (TPSA) is 87.1 Å². The molecule has 2 aromatic carbocycles. The van der Waals surface area contributed by atoms with Crippen LogP contribution in [0.4, 0.5) is 13.2 Å². The highest BCUT2D eigenvalue weighted by Crippen LogP contribution is 2.41. The zero-order valence-corrected chi connectivity index (χ0v) is 21.8. The lowest BCUT2D eigenvalue weighted by Crippen LogP contribution is -2.41. The average molecular weight is 531 g/mol. The minimum absolute atomic E-state index is 0.119. The third kappa shape index (κ3) is 5.44. The number of aromatic nitrogens is 1. The summed E-state index contributed by atoms with van der Waals surface area (Å²) in [4.78, 5) is 15.4. The van der Waals surface area contributed by atoms with Crippen molar-refractivity contribution < 1.29 is 41.9 Å². The quantitative estimate of drug-likeness (QED) is 0.394. The summed E-state index contributed by atoms with van der Waals surface area (Å²) in [5.41, 5.74) is 1.02. The number of halogens is 3. The Morgan fingerprint density at radius 3 is 2.26 bits per heavy atom. The highest BCUT2D eigenvalue weighted by atomic mass is 19.3. The number of ether oxygens (including phenoxy) is 2. The van der Waals surface area contributed by atoms with E-state index < -0.39 is 43.3 Å². The fourth-order valence-corrected chi connectivity index (χ4v) is 4.29. The van der Waals surface area contributed by atoms with Gasteiger partial charge in [-0.3, -0.25) is 0 Å². The van der Waals surface area contributed by atoms with Crippen molar-refractivity contribution in [2.75, 3.05) is 6.61 Å². The van der Waals surface area contributed by atoms with E-state index in [0.29, 0.717) is 17.7 Å². The van der Waals surface area contributed by atoms with Gasteiger partial charge in [-0.05, 0) is 57.3 Å². The number of nitrogens with zero attached hydrogens (tertiary/aromatic N) is 1. The maximum Gasteiger partial charge on any atom is 0.494 e. The smallest absolute Gasteiger partial charge is 0.481 e. The number of carbonyl (C=O) groups is 1. The van der Waals surface area contributed by atoms with Crippen molar-refractivity contribution in [1.82, 2.24) is 4.98 Å². The first-order valence-electron chi connectivity index (χ1n) is 12.2. The number of alkyl halides is 2. The van der Waals surface area contributed by atoms with Gasteiger partial charge in [-0.1, -0.05) is 31.2 Å². The molecule has 0 amide bonds. The number of rotatable bonds is 9. The van der Waals surface area contributed by atoms with Crippen LogP contribution in [0.15, 0.2) is 36.4 Å². The second-order valence-electron chi connectivity index (χ2n) is 10.1. The molecule has 1 aromatic heterocycles. The Kier molecular flexibility index (Phi) is 7.63. The molecule has 4 rings (SSSR count). The van der Waals surface area contributed by atoms with Gasteiger partial charge in [0.15, 0.2) is 6.61 Å². The number of fused-ring (bicyclic) bond motifs is 1. The Morgan fingerprint density at radius 2 is 1.71 bits per heavy atom. The van der Waals surface area contributed by atoms with Crippen LogP contribution >= 0.6 is 0 Å². The van der Waals surface area contributed by atoms with E-state index >= 15 is 0 Å². The standard InChI is InChI=1S/C27H29BF3NO6/c1-6-19-17(13-15-7-9-16(10-8-15)28-37-26(2,3)27(4,5)38-28)24(36-25(30)31)22-20(35-14-21(33)34)12-11-18(29)23(22)32-19/h7-12,25H,6,13-14H2,1-5H3,(H,33,34). The van der Waals surface area contributed by atoms with Crippen molar-refractivity contribution in [2.24, 2.45) is 0 Å². The van der Waals surface area contributed by atoms with Crippen LogP contribution in [-0.4, -0.2) is 47.6 Å². The molecule has 0 unspecified atom stereocenters. The van der Waals surface area contributed by atoms with Gasteiger partial charge >= 0.3 is 19.7 Å². The number of hydrogen-bond acceptors (Lipinski definition) is 6. The zero-order valence-electron chi connectivity index (χ0n) is 21.8. The van der Waals surface area contributed by atoms with Crippen LogP contribution in [0, 0.1) is 5.82 Å². The Hall–Kier alpha value is -3.31. The van der Waals surface area contributed by atoms with Crippen LogP contribution in [0.3, 0.4) is 0 Å². The van der Waals surface area contributed by atoms with Gasteiger partial charge in [-0.15, -0.1) is 0 Å². The van der Waals surface area contributed by atoms with E-state index in [4.69, 9.17) is 23.9 Å². The van der Waals surface area contributed by atoms with Crippen LogP contribution in [0.1, 0.15) is 51.4 Å². The number of aliphatic carboxylic acids is 1. The first-order valence-corrected chi connectivity index (χ1v) is 12.2. The summed E-state index contributed by atoms with van der Waals surface area (Å²) in [6.45, 7) is 5.65. The van der Waals surface area contributed by atoms with Gasteiger partial charge in [0.25, 0.3) is 0 Å². The summed E-state index contributed by atoms with van der Waals surface area (Å²) >= 11 is 0. The summed E-state index contributed by atoms with van der Waals surface area (Å²) < 4.78 is 64.3. The van der Waals surface area contributed by atoms with Crippen molar-refractivity contribution in [2.45, 2.75) is 65.3 Å². The molecule has 0 spiro atoms. The van der Waals surface area contributed by atoms with Crippen LogP contribution in [-0.2, 0) is 26.9 Å². The van der Waals surface area contributed by atoms with E-state index in [9.17, 15) is 18.0 Å². The maximum atomic E-state index is 14.8. The van der Waals surface area contributed by atoms with Gasteiger partial charge in [0.2, 0.25) is 0 Å². The minimum atomic E-state index is -3.22. The van der Waals surface area contributed by atoms with Gasteiger partial charge in [-0.25, -0.2) is 14.2 Å². The molecule has 38 heavy (non-hydrogen) atoms. The third-order valence-corrected chi connectivity index (χ3v) is 6.97. The number of benzene rings is 2. The molecule has 0 bridgehead atoms. The molecule has 1 fully saturated rings. The van der Waals surface area contributed by atoms with Gasteiger partial charge in [0.1, 0.15) is 22.8 Å². The molecular formula is C27H29BF3NO6. The summed E-state index contributed by atoms with van der Waals surface area (Å²) in [7, 11) is -0.558. The fraction of sp³-hybridized carbons (Fsp3) is 0.407. The number of carboxylic acids is 1. The summed E-state index contributed by atoms with van der Waals surface area (Å²) in [6.07, 6.45) is 0.462. The Morgan fingerprint density at radius 1 is 1.08 bits per heavy atom. The lowest BCUT2D eigenvalue weighted by molar-refractivity contribution is -0.139. The third-order valence-electron chi connectivity index (χ3n) is 6.97. The van der Waals surface area contributed by atoms with Crippen LogP contribution in [0.5, 0.6) is 11.5 Å². The highest BCUT2D eigenvalue weighted by molar-refractivity contribution is 6.62. The molecule has 3 aromatic rings. The van der Waals surface area contributed by atoms with Gasteiger partial charge < -0.3 is 23.9 Å². The second kappa shape index (κ2) is 10.5. The first-order chi connectivity index (χ1) is 17.8. The highest BCUT2D eigenvalue weighted by Gasteiger charge is 2.51. The largest absolute Gasteiger partial charge is 0.494 e. The van der Waals surface area contributed by atoms with Crippen molar-refractivity contribution >= 4 is 29.5 Å². The maximum absolute atomic E-state index is 14.8. The van der Waals surface area contributed by atoms with Gasteiger partial charge in [-0.2, -0.15) is 8.78 Å². The molecule has 1 aliphatic heterocycles. The van der Waals surface area contributed by atoms with Crippen LogP contribution in [0.25, 0.3) is 10.9 Å². The molecule has 0 saturated carbocycles. The van der Waals surface area contributed by atoms with E-state index in [2.05, 4.69) is 4.98 Å². The molecule has 2 heterocycles. The monoisotopic (exact) mass is 531 g/mol. The molecule has 1 saturated heterocycles. The molecule has 1 N–H and O–H groups in total. The average Bonchev–Trinajstić information content (AvgIpc) is 3.06. The SMILES string of the molecule is CCc1nc2c(F)ccc(OCC(=O)O)c2c(OC(F)F)c1Cc1ccc(B2OC(C)(C)C(C)(C)O2)cc1. The number of aryl methyl sites for hydroxylation is 1. The Balaban J connectivity index is 1.76. The zero-order chi connectivity index (χ0) is 27.8. The van der Waals surface area contributed by atoms with Gasteiger partial charge in [0, 0.05) is 17.7 Å². The molecule has 1 aliphatic rings. The van der Waals surface area contributed by atoms with E-state index in [0.717, 1.165) is 17.1 Å². The Labute approximate surface area is 219 Å². The van der Waals surface area contributed by atoms with Crippen molar-refractivity contribution in [1.29, 1.82) is 0 Å². The van der Waals surface area contributed by atoms with E-state index in [-0.39, 0.29) is 28.8 Å². The van der Waals surface area contributed by atoms with Crippen molar-refractivity contribution in [3.63, 3.8) is 0 Å². The molecule has 0 radical (unpaired) electrons. The van der Waals surface area contributed by atoms with Crippen molar-refractivity contribution in [3.05, 3.63) is 59.0 Å². The summed E-state index contributed by atoms with van der Waals surface area (Å²) in [5, 5.41) is 8.88. The number of pyridine rings is 1. The van der Waals surface area contributed by atoms with E-state index in [1.807, 2.05) is 52.0 Å². The minimum Gasteiger partial charge on any atom is -0.481 e. The normalized spacial score (nSPS) is 16.3. The molecule has 0 aliphatic carbocycles.